The Hall–Kier alpha value is -2.62. The highest BCUT2D eigenvalue weighted by atomic mass is 35.5. The topological polar surface area (TPSA) is 93.2 Å². The van der Waals surface area contributed by atoms with Gasteiger partial charge in [-0.2, -0.15) is 0 Å². The number of nitrogens with zero attached hydrogens (tertiary/aromatic N) is 2. The number of halogens is 1. The van der Waals surface area contributed by atoms with E-state index in [1.807, 2.05) is 6.92 Å². The van der Waals surface area contributed by atoms with Gasteiger partial charge in [-0.25, -0.2) is 0 Å². The van der Waals surface area contributed by atoms with Crippen LogP contribution < -0.4 is 15.4 Å². The molecule has 1 aromatic heterocycles. The van der Waals surface area contributed by atoms with Crippen molar-refractivity contribution in [2.45, 2.75) is 23.4 Å². The largest absolute Gasteiger partial charge is 0.494 e. The normalized spacial score (nSPS) is 11.6. The number of hydrogen-bond donors (Lipinski definition) is 2. The fraction of sp³-hybridized carbons (Fsp3) is 0.200. The SMILES string of the molecule is CCOc1ccc(NC(=O)[C@@H](C)Sc2nnc(NC(=O)c3ccccc3Cl)s2)cc1. The molecule has 0 unspecified atom stereocenters. The summed E-state index contributed by atoms with van der Waals surface area (Å²) in [5, 5.41) is 13.8. The Bertz CT molecular complexity index is 1030. The van der Waals surface area contributed by atoms with Crippen molar-refractivity contribution in [3.05, 3.63) is 59.1 Å². The molecule has 0 spiro atoms. The number of ether oxygens (including phenoxy) is 1. The standard InChI is InChI=1S/C20H19ClN4O3S2/c1-3-28-14-10-8-13(9-11-14)22-17(26)12(2)29-20-25-24-19(30-20)23-18(27)15-6-4-5-7-16(15)21/h4-12H,3H2,1-2H3,(H,22,26)(H,23,24,27)/t12-/m1/s1. The van der Waals surface area contributed by atoms with Gasteiger partial charge < -0.3 is 10.1 Å². The van der Waals surface area contributed by atoms with Gasteiger partial charge in [-0.05, 0) is 50.2 Å². The van der Waals surface area contributed by atoms with Crippen molar-refractivity contribution in [3.8, 4) is 5.75 Å². The van der Waals surface area contributed by atoms with E-state index in [-0.39, 0.29) is 11.8 Å². The molecule has 2 N–H and O–H groups in total. The van der Waals surface area contributed by atoms with Crippen LogP contribution in [0.2, 0.25) is 5.02 Å². The summed E-state index contributed by atoms with van der Waals surface area (Å²) < 4.78 is 5.96. The van der Waals surface area contributed by atoms with Crippen LogP contribution in [0.25, 0.3) is 0 Å². The fourth-order valence-corrected chi connectivity index (χ4v) is 4.48. The van der Waals surface area contributed by atoms with Crippen molar-refractivity contribution in [1.29, 1.82) is 0 Å². The van der Waals surface area contributed by atoms with E-state index >= 15 is 0 Å². The molecular formula is C20H19ClN4O3S2. The summed E-state index contributed by atoms with van der Waals surface area (Å²) in [6.45, 7) is 4.27. The fourth-order valence-electron chi connectivity index (χ4n) is 2.37. The molecule has 0 saturated heterocycles. The Morgan fingerprint density at radius 1 is 1.13 bits per heavy atom. The lowest BCUT2D eigenvalue weighted by Gasteiger charge is -2.11. The quantitative estimate of drug-likeness (QED) is 0.363. The summed E-state index contributed by atoms with van der Waals surface area (Å²) in [6, 6.07) is 13.9. The number of benzene rings is 2. The van der Waals surface area contributed by atoms with E-state index in [4.69, 9.17) is 16.3 Å². The average Bonchev–Trinajstić information content (AvgIpc) is 3.16. The number of hydrogen-bond acceptors (Lipinski definition) is 7. The number of carbonyl (C=O) groups excluding carboxylic acids is 2. The second kappa shape index (κ2) is 10.4. The van der Waals surface area contributed by atoms with Crippen LogP contribution in [0.15, 0.2) is 52.9 Å². The Balaban J connectivity index is 1.55. The number of rotatable bonds is 8. The molecule has 2 amide bonds. The van der Waals surface area contributed by atoms with Crippen LogP contribution in [-0.4, -0.2) is 33.9 Å². The molecule has 2 aromatic carbocycles. The van der Waals surface area contributed by atoms with Crippen LogP contribution in [-0.2, 0) is 4.79 Å². The van der Waals surface area contributed by atoms with Crippen molar-refractivity contribution < 1.29 is 14.3 Å². The third-order valence-corrected chi connectivity index (χ3v) is 6.18. The van der Waals surface area contributed by atoms with Gasteiger partial charge in [0.15, 0.2) is 4.34 Å². The van der Waals surface area contributed by atoms with Gasteiger partial charge in [0, 0.05) is 5.69 Å². The Kier molecular flexibility index (Phi) is 7.67. The molecule has 0 aliphatic rings. The highest BCUT2D eigenvalue weighted by Gasteiger charge is 2.18. The van der Waals surface area contributed by atoms with Crippen LogP contribution in [0.5, 0.6) is 5.75 Å². The molecule has 0 aliphatic heterocycles. The highest BCUT2D eigenvalue weighted by molar-refractivity contribution is 8.02. The number of carbonyl (C=O) groups is 2. The minimum Gasteiger partial charge on any atom is -0.494 e. The lowest BCUT2D eigenvalue weighted by Crippen LogP contribution is -2.22. The molecule has 0 saturated carbocycles. The summed E-state index contributed by atoms with van der Waals surface area (Å²) in [5.41, 5.74) is 1.03. The van der Waals surface area contributed by atoms with Gasteiger partial charge in [-0.15, -0.1) is 10.2 Å². The monoisotopic (exact) mass is 462 g/mol. The zero-order chi connectivity index (χ0) is 21.5. The maximum absolute atomic E-state index is 12.4. The van der Waals surface area contributed by atoms with Crippen LogP contribution in [0.4, 0.5) is 10.8 Å². The summed E-state index contributed by atoms with van der Waals surface area (Å²) in [6.07, 6.45) is 0. The molecule has 3 aromatic rings. The van der Waals surface area contributed by atoms with Gasteiger partial charge in [0.2, 0.25) is 11.0 Å². The molecule has 1 atom stereocenters. The summed E-state index contributed by atoms with van der Waals surface area (Å²) in [7, 11) is 0. The van der Waals surface area contributed by atoms with Gasteiger partial charge in [0.25, 0.3) is 5.91 Å². The molecule has 0 aliphatic carbocycles. The summed E-state index contributed by atoms with van der Waals surface area (Å²) in [5.74, 6) is 0.216. The maximum atomic E-state index is 12.4. The van der Waals surface area contributed by atoms with E-state index in [1.165, 1.54) is 23.1 Å². The smallest absolute Gasteiger partial charge is 0.259 e. The number of nitrogens with one attached hydrogen (secondary N) is 2. The van der Waals surface area contributed by atoms with Crippen molar-refractivity contribution in [2.75, 3.05) is 17.2 Å². The third kappa shape index (κ3) is 5.94. The molecule has 7 nitrogen and oxygen atoms in total. The van der Waals surface area contributed by atoms with Gasteiger partial charge in [0.05, 0.1) is 22.4 Å². The zero-order valence-electron chi connectivity index (χ0n) is 16.2. The second-order valence-corrected chi connectivity index (χ2v) is 8.99. The van der Waals surface area contributed by atoms with Gasteiger partial charge in [-0.1, -0.05) is 46.8 Å². The van der Waals surface area contributed by atoms with E-state index < -0.39 is 5.25 Å². The van der Waals surface area contributed by atoms with Crippen molar-refractivity contribution in [2.24, 2.45) is 0 Å². The van der Waals surface area contributed by atoms with Crippen LogP contribution in [0.1, 0.15) is 24.2 Å². The second-order valence-electron chi connectivity index (χ2n) is 6.01. The molecule has 0 radical (unpaired) electrons. The van der Waals surface area contributed by atoms with Crippen LogP contribution in [0.3, 0.4) is 0 Å². The lowest BCUT2D eigenvalue weighted by atomic mass is 10.2. The molecule has 30 heavy (non-hydrogen) atoms. The summed E-state index contributed by atoms with van der Waals surface area (Å²) >= 11 is 8.49. The van der Waals surface area contributed by atoms with Gasteiger partial charge in [0.1, 0.15) is 5.75 Å². The molecule has 1 heterocycles. The minimum atomic E-state index is -0.406. The number of thioether (sulfide) groups is 1. The highest BCUT2D eigenvalue weighted by Crippen LogP contribution is 2.30. The Labute approximate surface area is 187 Å². The first kappa shape index (κ1) is 22.1. The van der Waals surface area contributed by atoms with Crippen LogP contribution >= 0.6 is 34.7 Å². The predicted molar refractivity (Wildman–Crippen MR) is 121 cm³/mol. The molecule has 0 fully saturated rings. The molecule has 0 bridgehead atoms. The molecule has 3 rings (SSSR count). The summed E-state index contributed by atoms with van der Waals surface area (Å²) in [4.78, 5) is 24.7. The Morgan fingerprint density at radius 3 is 2.57 bits per heavy atom. The Morgan fingerprint density at radius 2 is 1.87 bits per heavy atom. The minimum absolute atomic E-state index is 0.166. The van der Waals surface area contributed by atoms with Gasteiger partial charge >= 0.3 is 0 Å². The number of amides is 2. The van der Waals surface area contributed by atoms with E-state index in [9.17, 15) is 9.59 Å². The van der Waals surface area contributed by atoms with E-state index in [0.29, 0.717) is 32.4 Å². The number of anilines is 2. The average molecular weight is 463 g/mol. The van der Waals surface area contributed by atoms with E-state index in [0.717, 1.165) is 5.75 Å². The maximum Gasteiger partial charge on any atom is 0.259 e. The first-order chi connectivity index (χ1) is 14.5. The van der Waals surface area contributed by atoms with Crippen molar-refractivity contribution in [1.82, 2.24) is 10.2 Å². The first-order valence-corrected chi connectivity index (χ1v) is 11.1. The molecule has 10 heteroatoms. The van der Waals surface area contributed by atoms with E-state index in [2.05, 4.69) is 20.8 Å². The van der Waals surface area contributed by atoms with Crippen LogP contribution in [0, 0.1) is 0 Å². The number of aromatic nitrogens is 2. The first-order valence-electron chi connectivity index (χ1n) is 9.06. The van der Waals surface area contributed by atoms with Gasteiger partial charge in [-0.3, -0.25) is 14.9 Å². The van der Waals surface area contributed by atoms with E-state index in [1.54, 1.807) is 55.5 Å². The lowest BCUT2D eigenvalue weighted by molar-refractivity contribution is -0.115. The molecule has 156 valence electrons. The third-order valence-electron chi connectivity index (χ3n) is 3.83. The zero-order valence-corrected chi connectivity index (χ0v) is 18.6. The van der Waals surface area contributed by atoms with Crippen molar-refractivity contribution in [3.63, 3.8) is 0 Å². The molecular weight excluding hydrogens is 444 g/mol. The predicted octanol–water partition coefficient (Wildman–Crippen LogP) is 4.96. The van der Waals surface area contributed by atoms with Crippen molar-refractivity contribution >= 4 is 57.3 Å².